The number of terminal acetylenes is 1. The number of nitrogens with zero attached hydrogens (tertiary/aromatic N) is 3. The molecule has 4 amide bonds. The van der Waals surface area contributed by atoms with E-state index in [4.69, 9.17) is 37.5 Å². The largest absolute Gasteiger partial charge is 0.778 e. The molecule has 0 aromatic heterocycles. The summed E-state index contributed by atoms with van der Waals surface area (Å²) in [6.07, 6.45) is 15.6. The number of carboxylic acids is 1. The number of para-hydroxylation sites is 1. The summed E-state index contributed by atoms with van der Waals surface area (Å²) in [4.78, 5) is 80.9. The molecule has 0 spiro atoms. The lowest BCUT2D eigenvalue weighted by Crippen LogP contribution is -2.39. The van der Waals surface area contributed by atoms with Crippen LogP contribution >= 0.6 is 19.2 Å². The molecular formula is C39H51ClFN4O11PS. The van der Waals surface area contributed by atoms with E-state index in [0.717, 1.165) is 53.5 Å². The molecule has 2 heterocycles. The monoisotopic (exact) mass is 868 g/mol. The highest BCUT2D eigenvalue weighted by molar-refractivity contribution is 7.94. The highest BCUT2D eigenvalue weighted by atomic mass is 35.5. The van der Waals surface area contributed by atoms with Gasteiger partial charge in [-0.25, -0.2) is 9.29 Å². The van der Waals surface area contributed by atoms with E-state index in [-0.39, 0.29) is 54.7 Å². The van der Waals surface area contributed by atoms with E-state index in [1.54, 1.807) is 12.0 Å². The summed E-state index contributed by atoms with van der Waals surface area (Å²) in [5.74, 6) is -0.935. The number of carbonyl (C=O) groups excluding carboxylic acids is 4. The summed E-state index contributed by atoms with van der Waals surface area (Å²) in [5.41, 5.74) is 4.23. The molecule has 0 saturated heterocycles. The second-order valence-electron chi connectivity index (χ2n) is 13.2. The number of aryl methyl sites for hydroxylation is 2. The van der Waals surface area contributed by atoms with Crippen molar-refractivity contribution >= 4 is 76.8 Å². The lowest BCUT2D eigenvalue weighted by atomic mass is 9.93. The van der Waals surface area contributed by atoms with Crippen molar-refractivity contribution in [2.45, 2.75) is 52.4 Å². The number of alkyl halides is 1. The van der Waals surface area contributed by atoms with Crippen molar-refractivity contribution in [3.63, 3.8) is 0 Å². The number of carboxylic acid groups (broad SMARTS) is 1. The molecule has 3 aliphatic rings. The van der Waals surface area contributed by atoms with Crippen LogP contribution in [0.5, 0.6) is 5.75 Å². The van der Waals surface area contributed by atoms with Gasteiger partial charge in [0.05, 0.1) is 55.2 Å². The summed E-state index contributed by atoms with van der Waals surface area (Å²) < 4.78 is 35.0. The molecule has 5 rings (SSSR count). The molecule has 1 unspecified atom stereocenters. The van der Waals surface area contributed by atoms with Crippen LogP contribution in [0.3, 0.4) is 0 Å². The van der Waals surface area contributed by atoms with Crippen LogP contribution in [-0.4, -0.2) is 104 Å². The Morgan fingerprint density at radius 2 is 1.64 bits per heavy atom. The molecular weight excluding hydrogens is 818 g/mol. The topological polar surface area (TPSA) is 206 Å². The van der Waals surface area contributed by atoms with Crippen LogP contribution in [0.15, 0.2) is 41.5 Å². The molecule has 2 aliphatic heterocycles. The lowest BCUT2D eigenvalue weighted by molar-refractivity contribution is -0.193. The molecule has 1 aliphatic carbocycles. The first-order valence-electron chi connectivity index (χ1n) is 18.1. The van der Waals surface area contributed by atoms with E-state index in [2.05, 4.69) is 38.5 Å². The molecule has 0 fully saturated rings. The van der Waals surface area contributed by atoms with E-state index in [0.29, 0.717) is 34.9 Å². The standard InChI is InChI=1S/C19H15FN2O4.C14H20ClNO2.C3H8NO5P.C3H9S/c1-2-7-21-15-9-14(13(20)8-16(15)26-10-17(21)23)22-18(24)11-5-3-4-6-12(11)19(22)25;1-4-11-7-6-8-12(5-2)14(11)16(10-18-3)13(17)9-15;5-3(6)1-4-2-10(7,8)9;1-4(2)3/h1,8-9H,3-7,10H2;6-8H,4-5,9-10H2,1-3H3;4H,1-2H2,(H,5,6)(H2,7,8,9);1-3H3/q;;;+1/p-1. The first-order chi connectivity index (χ1) is 27.4. The summed E-state index contributed by atoms with van der Waals surface area (Å²) in [6, 6.07) is 8.47. The number of imide groups is 1. The van der Waals surface area contributed by atoms with Gasteiger partial charge in [0.1, 0.15) is 26.0 Å². The van der Waals surface area contributed by atoms with Crippen molar-refractivity contribution in [2.24, 2.45) is 0 Å². The molecule has 1 atom stereocenters. The molecule has 3 N–H and O–H groups in total. The van der Waals surface area contributed by atoms with E-state index in [1.807, 2.05) is 23.5 Å². The highest BCUT2D eigenvalue weighted by Gasteiger charge is 2.41. The van der Waals surface area contributed by atoms with Gasteiger partial charge in [0.2, 0.25) is 5.91 Å². The van der Waals surface area contributed by atoms with Crippen LogP contribution in [0, 0.1) is 18.2 Å². The number of fused-ring (bicyclic) bond motifs is 1. The quantitative estimate of drug-likeness (QED) is 0.0700. The molecule has 318 valence electrons. The molecule has 2 aromatic carbocycles. The normalized spacial score (nSPS) is 15.3. The molecule has 0 bridgehead atoms. The number of anilines is 3. The van der Waals surface area contributed by atoms with Gasteiger partial charge >= 0.3 is 5.97 Å². The molecule has 15 nitrogen and oxygen atoms in total. The number of ether oxygens (including phenoxy) is 2. The predicted octanol–water partition coefficient (Wildman–Crippen LogP) is 3.57. The fraction of sp³-hybridized carbons (Fsp3) is 0.462. The smallest absolute Gasteiger partial charge is 0.317 e. The maximum Gasteiger partial charge on any atom is 0.317 e. The first-order valence-corrected chi connectivity index (χ1v) is 22.8. The molecule has 19 heteroatoms. The van der Waals surface area contributed by atoms with Gasteiger partial charge in [-0.3, -0.25) is 39.1 Å². The first kappa shape index (κ1) is 49.9. The number of hydrogen-bond donors (Lipinski definition) is 3. The van der Waals surface area contributed by atoms with Gasteiger partial charge in [-0.1, -0.05) is 38.0 Å². The Morgan fingerprint density at radius 3 is 2.09 bits per heavy atom. The number of hydrogen-bond acceptors (Lipinski definition) is 10. The van der Waals surface area contributed by atoms with Crippen molar-refractivity contribution in [1.29, 1.82) is 0 Å². The number of nitrogens with one attached hydrogen (secondary N) is 1. The second-order valence-corrected chi connectivity index (χ2v) is 17.5. The number of carbonyl (C=O) groups is 5. The summed E-state index contributed by atoms with van der Waals surface area (Å²) >= 11 is 5.68. The van der Waals surface area contributed by atoms with Crippen molar-refractivity contribution < 1.29 is 57.3 Å². The zero-order valence-corrected chi connectivity index (χ0v) is 35.9. The lowest BCUT2D eigenvalue weighted by Gasteiger charge is -2.29. The van der Waals surface area contributed by atoms with Crippen LogP contribution in [0.25, 0.3) is 0 Å². The second kappa shape index (κ2) is 24.0. The van der Waals surface area contributed by atoms with Crippen LogP contribution in [0.4, 0.5) is 21.5 Å². The predicted molar refractivity (Wildman–Crippen MR) is 222 cm³/mol. The van der Waals surface area contributed by atoms with Gasteiger partial charge in [0.25, 0.3) is 17.7 Å². The molecule has 58 heavy (non-hydrogen) atoms. The van der Waals surface area contributed by atoms with Gasteiger partial charge in [-0.05, 0) is 66.6 Å². The Kier molecular flexibility index (Phi) is 20.6. The number of methoxy groups -OCH3 is 1. The maximum atomic E-state index is 14.7. The average molecular weight is 869 g/mol. The minimum atomic E-state index is -4.35. The minimum Gasteiger partial charge on any atom is -0.778 e. The fourth-order valence-corrected chi connectivity index (χ4v) is 6.47. The van der Waals surface area contributed by atoms with E-state index < -0.39 is 44.0 Å². The SMILES string of the molecule is C#CCN1C(=O)COc2cc(F)c(N3C(=O)C4=C(CCCC4)C3=O)cc21.CCc1cccc(CC)c1N(COC)C(=O)CCl.C[S+](C)C.O=C(O)CNCP(=O)([O-])O. The van der Waals surface area contributed by atoms with E-state index >= 15 is 0 Å². The number of aliphatic carboxylic acids is 1. The Hall–Kier alpha value is -4.27. The Labute approximate surface area is 346 Å². The van der Waals surface area contributed by atoms with Gasteiger partial charge in [0, 0.05) is 24.3 Å². The molecule has 0 radical (unpaired) electrons. The van der Waals surface area contributed by atoms with Crippen LogP contribution in [0.1, 0.15) is 50.7 Å². The van der Waals surface area contributed by atoms with Gasteiger partial charge in [0.15, 0.2) is 12.4 Å². The third-order valence-electron chi connectivity index (χ3n) is 8.35. The van der Waals surface area contributed by atoms with Crippen LogP contribution in [0.2, 0.25) is 0 Å². The van der Waals surface area contributed by atoms with Crippen molar-refractivity contribution in [2.75, 3.05) is 79.2 Å². The van der Waals surface area contributed by atoms with Crippen LogP contribution in [-0.2, 0) is 57.0 Å². The van der Waals surface area contributed by atoms with Crippen molar-refractivity contribution in [3.8, 4) is 18.1 Å². The number of halogens is 2. The number of amides is 4. The van der Waals surface area contributed by atoms with Crippen molar-refractivity contribution in [3.05, 3.63) is 58.4 Å². The number of rotatable bonds is 12. The maximum absolute atomic E-state index is 14.7. The zero-order chi connectivity index (χ0) is 43.7. The fourth-order valence-electron chi connectivity index (χ4n) is 5.93. The Balaban J connectivity index is 0.000000315. The summed E-state index contributed by atoms with van der Waals surface area (Å²) in [6.45, 7) is 3.65. The Morgan fingerprint density at radius 1 is 1.09 bits per heavy atom. The van der Waals surface area contributed by atoms with Gasteiger partial charge < -0.3 is 28.9 Å². The van der Waals surface area contributed by atoms with Crippen molar-refractivity contribution in [1.82, 2.24) is 5.32 Å². The van der Waals surface area contributed by atoms with E-state index in [1.165, 1.54) is 11.0 Å². The molecule has 2 aromatic rings. The molecule has 0 saturated carbocycles. The minimum absolute atomic E-state index is 0.0170. The third-order valence-corrected chi connectivity index (χ3v) is 9.20. The average Bonchev–Trinajstić information content (AvgIpc) is 3.42. The zero-order valence-electron chi connectivity index (χ0n) is 33.5. The summed E-state index contributed by atoms with van der Waals surface area (Å²) in [7, 11) is -2.13. The van der Waals surface area contributed by atoms with Gasteiger partial charge in [-0.2, -0.15) is 0 Å². The van der Waals surface area contributed by atoms with Gasteiger partial charge in [-0.15, -0.1) is 18.0 Å². The highest BCUT2D eigenvalue weighted by Crippen LogP contribution is 2.41. The van der Waals surface area contributed by atoms with Crippen LogP contribution < -0.4 is 29.6 Å². The third kappa shape index (κ3) is 14.2. The number of benzene rings is 2. The van der Waals surface area contributed by atoms with E-state index in [9.17, 15) is 37.8 Å². The Bertz CT molecular complexity index is 1880. The summed E-state index contributed by atoms with van der Waals surface area (Å²) in [5, 5.41) is 9.97.